The Hall–Kier alpha value is -1.28. The van der Waals surface area contributed by atoms with Crippen LogP contribution in [0.2, 0.25) is 0 Å². The molecule has 0 aromatic heterocycles. The molecule has 0 radical (unpaired) electrons. The molecular weight excluding hydrogens is 320 g/mol. The largest absolute Gasteiger partial charge is 0.479 e. The lowest BCUT2D eigenvalue weighted by Crippen LogP contribution is -2.55. The number of carbonyl (C=O) groups is 2. The molecule has 1 aliphatic rings. The number of aliphatic carboxylic acids is 1. The summed E-state index contributed by atoms with van der Waals surface area (Å²) < 4.78 is 25.8. The van der Waals surface area contributed by atoms with Gasteiger partial charge in [0.2, 0.25) is 5.91 Å². The SMILES string of the molecule is O=C(CSc1ccc(F)c(F)c1)NC1(C(=O)O)CCSC1. The average Bonchev–Trinajstić information content (AvgIpc) is 2.90. The molecule has 1 saturated heterocycles. The van der Waals surface area contributed by atoms with Gasteiger partial charge < -0.3 is 10.4 Å². The number of thioether (sulfide) groups is 2. The van der Waals surface area contributed by atoms with Crippen molar-refractivity contribution in [1.29, 1.82) is 0 Å². The summed E-state index contributed by atoms with van der Waals surface area (Å²) in [5.41, 5.74) is -1.21. The number of hydrogen-bond donors (Lipinski definition) is 2. The number of carboxylic acids is 1. The average molecular weight is 333 g/mol. The van der Waals surface area contributed by atoms with Gasteiger partial charge >= 0.3 is 5.97 Å². The van der Waals surface area contributed by atoms with E-state index in [1.54, 1.807) is 0 Å². The van der Waals surface area contributed by atoms with Crippen LogP contribution in [0.1, 0.15) is 6.42 Å². The Labute approximate surface area is 128 Å². The molecular formula is C13H13F2NO3S2. The number of benzene rings is 1. The fourth-order valence-corrected chi connectivity index (χ4v) is 3.95. The van der Waals surface area contributed by atoms with Crippen LogP contribution in [0.15, 0.2) is 23.1 Å². The highest BCUT2D eigenvalue weighted by Crippen LogP contribution is 2.28. The molecule has 1 heterocycles. The molecule has 2 rings (SSSR count). The van der Waals surface area contributed by atoms with E-state index in [1.807, 2.05) is 0 Å². The summed E-state index contributed by atoms with van der Waals surface area (Å²) >= 11 is 2.50. The Balaban J connectivity index is 1.92. The highest BCUT2D eigenvalue weighted by molar-refractivity contribution is 8.00. The molecule has 0 spiro atoms. The molecule has 0 saturated carbocycles. The number of halogens is 2. The summed E-state index contributed by atoms with van der Waals surface area (Å²) in [4.78, 5) is 23.6. The van der Waals surface area contributed by atoms with Crippen LogP contribution in [0.3, 0.4) is 0 Å². The van der Waals surface area contributed by atoms with E-state index in [-0.39, 0.29) is 5.75 Å². The fourth-order valence-electron chi connectivity index (χ4n) is 1.90. The van der Waals surface area contributed by atoms with Crippen molar-refractivity contribution in [3.8, 4) is 0 Å². The zero-order valence-corrected chi connectivity index (χ0v) is 12.5. The Morgan fingerprint density at radius 1 is 1.38 bits per heavy atom. The van der Waals surface area contributed by atoms with Crippen molar-refractivity contribution in [2.24, 2.45) is 0 Å². The van der Waals surface area contributed by atoms with E-state index in [2.05, 4.69) is 5.32 Å². The van der Waals surface area contributed by atoms with Crippen molar-refractivity contribution in [3.63, 3.8) is 0 Å². The van der Waals surface area contributed by atoms with E-state index in [9.17, 15) is 23.5 Å². The van der Waals surface area contributed by atoms with Crippen molar-refractivity contribution < 1.29 is 23.5 Å². The number of hydrogen-bond acceptors (Lipinski definition) is 4. The molecule has 1 unspecified atom stereocenters. The Morgan fingerprint density at radius 2 is 2.14 bits per heavy atom. The number of rotatable bonds is 5. The third-order valence-electron chi connectivity index (χ3n) is 3.07. The van der Waals surface area contributed by atoms with E-state index in [0.29, 0.717) is 22.8 Å². The second-order valence-electron chi connectivity index (χ2n) is 4.60. The second-order valence-corrected chi connectivity index (χ2v) is 6.76. The third kappa shape index (κ3) is 3.88. The summed E-state index contributed by atoms with van der Waals surface area (Å²) in [6, 6.07) is 3.36. The van der Waals surface area contributed by atoms with Crippen molar-refractivity contribution in [1.82, 2.24) is 5.32 Å². The first-order valence-electron chi connectivity index (χ1n) is 6.13. The Kier molecular flexibility index (Phi) is 5.10. The van der Waals surface area contributed by atoms with Gasteiger partial charge in [0.25, 0.3) is 0 Å². The predicted molar refractivity (Wildman–Crippen MR) is 77.5 cm³/mol. The zero-order chi connectivity index (χ0) is 15.5. The van der Waals surface area contributed by atoms with Gasteiger partial charge in [0.15, 0.2) is 11.6 Å². The first-order chi connectivity index (χ1) is 9.93. The third-order valence-corrected chi connectivity index (χ3v) is 5.25. The van der Waals surface area contributed by atoms with Gasteiger partial charge in [0.05, 0.1) is 5.75 Å². The van der Waals surface area contributed by atoms with Crippen molar-refractivity contribution >= 4 is 35.4 Å². The summed E-state index contributed by atoms with van der Waals surface area (Å²) in [6.07, 6.45) is 0.384. The number of nitrogens with one attached hydrogen (secondary N) is 1. The first-order valence-corrected chi connectivity index (χ1v) is 8.27. The molecule has 0 bridgehead atoms. The molecule has 1 amide bonds. The highest BCUT2D eigenvalue weighted by atomic mass is 32.2. The number of carbonyl (C=O) groups excluding carboxylic acids is 1. The van der Waals surface area contributed by atoms with E-state index in [0.717, 1.165) is 23.9 Å². The molecule has 1 fully saturated rings. The lowest BCUT2D eigenvalue weighted by molar-refractivity contribution is -0.146. The summed E-state index contributed by atoms with van der Waals surface area (Å²) in [7, 11) is 0. The minimum atomic E-state index is -1.21. The van der Waals surface area contributed by atoms with Crippen LogP contribution in [0.4, 0.5) is 8.78 Å². The van der Waals surface area contributed by atoms with Crippen molar-refractivity contribution in [2.75, 3.05) is 17.3 Å². The molecule has 2 N–H and O–H groups in total. The van der Waals surface area contributed by atoms with Crippen molar-refractivity contribution in [2.45, 2.75) is 16.9 Å². The molecule has 0 aliphatic carbocycles. The normalized spacial score (nSPS) is 21.2. The maximum atomic E-state index is 13.0. The van der Waals surface area contributed by atoms with Crippen LogP contribution in [0, 0.1) is 11.6 Å². The maximum Gasteiger partial charge on any atom is 0.330 e. The molecule has 21 heavy (non-hydrogen) atoms. The maximum absolute atomic E-state index is 13.0. The molecule has 4 nitrogen and oxygen atoms in total. The van der Waals surface area contributed by atoms with Crippen molar-refractivity contribution in [3.05, 3.63) is 29.8 Å². The van der Waals surface area contributed by atoms with Gasteiger partial charge in [-0.2, -0.15) is 11.8 Å². The van der Waals surface area contributed by atoms with Gasteiger partial charge in [-0.1, -0.05) is 0 Å². The quantitative estimate of drug-likeness (QED) is 0.808. The Bertz CT molecular complexity index is 562. The van der Waals surface area contributed by atoms with Gasteiger partial charge in [0.1, 0.15) is 5.54 Å². The lowest BCUT2D eigenvalue weighted by atomic mass is 9.99. The topological polar surface area (TPSA) is 66.4 Å². The molecule has 1 atom stereocenters. The standard InChI is InChI=1S/C13H13F2NO3S2/c14-9-2-1-8(5-10(9)15)21-6-11(17)16-13(12(18)19)3-4-20-7-13/h1-2,5H,3-4,6-7H2,(H,16,17)(H,18,19). The predicted octanol–water partition coefficient (Wildman–Crippen LogP) is 2.13. The van der Waals surface area contributed by atoms with Crippen LogP contribution in [-0.2, 0) is 9.59 Å². The van der Waals surface area contributed by atoms with Gasteiger partial charge in [-0.05, 0) is 30.4 Å². The second kappa shape index (κ2) is 6.65. The molecule has 1 aliphatic heterocycles. The first kappa shape index (κ1) is 16.1. The van der Waals surface area contributed by atoms with Crippen LogP contribution >= 0.6 is 23.5 Å². The van der Waals surface area contributed by atoms with E-state index in [1.165, 1.54) is 17.8 Å². The molecule has 1 aromatic carbocycles. The molecule has 8 heteroatoms. The molecule has 1 aromatic rings. The monoisotopic (exact) mass is 333 g/mol. The van der Waals surface area contributed by atoms with Crippen LogP contribution < -0.4 is 5.32 Å². The number of amides is 1. The highest BCUT2D eigenvalue weighted by Gasteiger charge is 2.43. The summed E-state index contributed by atoms with van der Waals surface area (Å²) in [6.45, 7) is 0. The minimum absolute atomic E-state index is 0.0508. The van der Waals surface area contributed by atoms with E-state index >= 15 is 0 Å². The van der Waals surface area contributed by atoms with Gasteiger partial charge in [-0.25, -0.2) is 13.6 Å². The lowest BCUT2D eigenvalue weighted by Gasteiger charge is -2.24. The van der Waals surface area contributed by atoms with Gasteiger partial charge in [0, 0.05) is 10.6 Å². The minimum Gasteiger partial charge on any atom is -0.479 e. The van der Waals surface area contributed by atoms with Crippen LogP contribution in [0.25, 0.3) is 0 Å². The molecule has 114 valence electrons. The van der Waals surface area contributed by atoms with Gasteiger partial charge in [-0.15, -0.1) is 11.8 Å². The summed E-state index contributed by atoms with van der Waals surface area (Å²) in [5, 5.41) is 11.8. The van der Waals surface area contributed by atoms with E-state index in [4.69, 9.17) is 0 Å². The number of carboxylic acid groups (broad SMARTS) is 1. The van der Waals surface area contributed by atoms with E-state index < -0.39 is 29.0 Å². The van der Waals surface area contributed by atoms with Crippen LogP contribution in [0.5, 0.6) is 0 Å². The zero-order valence-electron chi connectivity index (χ0n) is 10.9. The fraction of sp³-hybridized carbons (Fsp3) is 0.385. The van der Waals surface area contributed by atoms with Gasteiger partial charge in [-0.3, -0.25) is 4.79 Å². The Morgan fingerprint density at radius 3 is 2.71 bits per heavy atom. The van der Waals surface area contributed by atoms with Crippen LogP contribution in [-0.4, -0.2) is 39.8 Å². The summed E-state index contributed by atoms with van der Waals surface area (Å²) in [5.74, 6) is -2.43. The smallest absolute Gasteiger partial charge is 0.330 e.